The summed E-state index contributed by atoms with van der Waals surface area (Å²) in [6.45, 7) is 1.49. The first kappa shape index (κ1) is 18.7. The minimum absolute atomic E-state index is 0.0322. The summed E-state index contributed by atoms with van der Waals surface area (Å²) < 4.78 is 5.89. The Morgan fingerprint density at radius 2 is 2.00 bits per heavy atom. The summed E-state index contributed by atoms with van der Waals surface area (Å²) in [4.78, 5) is 28.8. The molecule has 0 aromatic heterocycles. The van der Waals surface area contributed by atoms with E-state index in [0.29, 0.717) is 43.9 Å². The third-order valence-corrected chi connectivity index (χ3v) is 5.18. The molecule has 0 aliphatic carbocycles. The second-order valence-corrected chi connectivity index (χ2v) is 7.31. The van der Waals surface area contributed by atoms with Gasteiger partial charge in [0.2, 0.25) is 5.91 Å². The molecule has 2 aliphatic heterocycles. The monoisotopic (exact) mass is 360 g/mol. The summed E-state index contributed by atoms with van der Waals surface area (Å²) in [5.41, 5.74) is 12.8. The molecule has 0 spiro atoms. The van der Waals surface area contributed by atoms with Gasteiger partial charge in [0.15, 0.2) is 0 Å². The highest BCUT2D eigenvalue weighted by Crippen LogP contribution is 2.22. The van der Waals surface area contributed by atoms with Gasteiger partial charge in [-0.05, 0) is 43.9 Å². The third-order valence-electron chi connectivity index (χ3n) is 5.18. The Kier molecular flexibility index (Phi) is 5.78. The van der Waals surface area contributed by atoms with Crippen LogP contribution >= 0.6 is 0 Å². The van der Waals surface area contributed by atoms with E-state index < -0.39 is 6.04 Å². The van der Waals surface area contributed by atoms with Crippen molar-refractivity contribution in [1.29, 1.82) is 0 Å². The summed E-state index contributed by atoms with van der Waals surface area (Å²) in [6, 6.07) is 6.51. The van der Waals surface area contributed by atoms with E-state index >= 15 is 0 Å². The molecule has 1 fully saturated rings. The first-order valence-corrected chi connectivity index (χ1v) is 9.25. The molecule has 3 rings (SSSR count). The fourth-order valence-electron chi connectivity index (χ4n) is 3.66. The number of amides is 2. The summed E-state index contributed by atoms with van der Waals surface area (Å²) in [5.74, 6) is 0.533. The van der Waals surface area contributed by atoms with Crippen LogP contribution in [0.2, 0.25) is 0 Å². The number of carbonyl (C=O) groups excluding carboxylic acids is 2. The van der Waals surface area contributed by atoms with Crippen LogP contribution in [0.15, 0.2) is 24.3 Å². The van der Waals surface area contributed by atoms with Crippen LogP contribution in [-0.4, -0.2) is 66.5 Å². The fourth-order valence-corrected chi connectivity index (χ4v) is 3.66. The summed E-state index contributed by atoms with van der Waals surface area (Å²) >= 11 is 0. The number of ether oxygens (including phenoxy) is 1. The van der Waals surface area contributed by atoms with E-state index in [4.69, 9.17) is 16.2 Å². The molecule has 0 unspecified atom stereocenters. The molecule has 26 heavy (non-hydrogen) atoms. The van der Waals surface area contributed by atoms with Crippen molar-refractivity contribution >= 4 is 11.8 Å². The zero-order valence-electron chi connectivity index (χ0n) is 15.3. The van der Waals surface area contributed by atoms with Gasteiger partial charge < -0.3 is 26.0 Å². The second-order valence-electron chi connectivity index (χ2n) is 7.31. The molecular formula is C19H28N4O3. The van der Waals surface area contributed by atoms with Gasteiger partial charge in [-0.25, -0.2) is 0 Å². The molecule has 3 atom stereocenters. The largest absolute Gasteiger partial charge is 0.491 e. The van der Waals surface area contributed by atoms with Gasteiger partial charge in [0.05, 0.1) is 12.1 Å². The Bertz CT molecular complexity index is 666. The lowest BCUT2D eigenvalue weighted by Crippen LogP contribution is -2.48. The summed E-state index contributed by atoms with van der Waals surface area (Å²) in [6.07, 6.45) is 2.90. The quantitative estimate of drug-likeness (QED) is 0.704. The van der Waals surface area contributed by atoms with Crippen molar-refractivity contribution in [2.75, 3.05) is 26.7 Å². The highest BCUT2D eigenvalue weighted by atomic mass is 16.5. The van der Waals surface area contributed by atoms with Crippen LogP contribution in [0.4, 0.5) is 0 Å². The molecule has 7 heteroatoms. The first-order valence-electron chi connectivity index (χ1n) is 9.25. The van der Waals surface area contributed by atoms with Crippen molar-refractivity contribution in [3.05, 3.63) is 29.8 Å². The number of rotatable bonds is 0. The molecule has 0 saturated carbocycles. The van der Waals surface area contributed by atoms with Crippen LogP contribution in [0.3, 0.4) is 0 Å². The van der Waals surface area contributed by atoms with E-state index in [9.17, 15) is 9.59 Å². The van der Waals surface area contributed by atoms with Crippen molar-refractivity contribution < 1.29 is 14.3 Å². The van der Waals surface area contributed by atoms with Crippen molar-refractivity contribution in [2.24, 2.45) is 11.5 Å². The molecule has 2 bridgehead atoms. The predicted molar refractivity (Wildman–Crippen MR) is 98.8 cm³/mol. The Labute approximate surface area is 154 Å². The molecule has 1 aromatic carbocycles. The van der Waals surface area contributed by atoms with Crippen LogP contribution < -0.4 is 16.2 Å². The molecule has 4 N–H and O–H groups in total. The fraction of sp³-hybridized carbons (Fsp3) is 0.579. The maximum absolute atomic E-state index is 12.7. The Morgan fingerprint density at radius 3 is 2.81 bits per heavy atom. The van der Waals surface area contributed by atoms with E-state index in [0.717, 1.165) is 12.8 Å². The Balaban J connectivity index is 1.82. The number of benzene rings is 1. The van der Waals surface area contributed by atoms with E-state index in [1.807, 2.05) is 12.1 Å². The molecular weight excluding hydrogens is 332 g/mol. The van der Waals surface area contributed by atoms with E-state index in [2.05, 4.69) is 0 Å². The number of hydrogen-bond acceptors (Lipinski definition) is 5. The topological polar surface area (TPSA) is 102 Å². The van der Waals surface area contributed by atoms with Crippen molar-refractivity contribution in [1.82, 2.24) is 9.80 Å². The van der Waals surface area contributed by atoms with E-state index in [1.165, 1.54) is 0 Å². The SMILES string of the molecule is CN1CCCC[C@H](N)C(=O)N2C[C@@H](N)C[C@H]2COc2cccc(c2)C1=O. The van der Waals surface area contributed by atoms with E-state index in [1.54, 1.807) is 29.0 Å². The molecule has 1 aromatic rings. The normalized spacial score (nSPS) is 28.2. The minimum Gasteiger partial charge on any atom is -0.491 e. The second kappa shape index (κ2) is 8.05. The molecule has 1 saturated heterocycles. The van der Waals surface area contributed by atoms with Gasteiger partial charge in [0.25, 0.3) is 5.91 Å². The maximum Gasteiger partial charge on any atom is 0.253 e. The Morgan fingerprint density at radius 1 is 1.19 bits per heavy atom. The molecule has 142 valence electrons. The van der Waals surface area contributed by atoms with Gasteiger partial charge in [-0.1, -0.05) is 6.07 Å². The predicted octanol–water partition coefficient (Wildman–Crippen LogP) is 0.577. The van der Waals surface area contributed by atoms with Gasteiger partial charge >= 0.3 is 0 Å². The number of nitrogens with two attached hydrogens (primary N) is 2. The van der Waals surface area contributed by atoms with Gasteiger partial charge in [0.1, 0.15) is 12.4 Å². The molecule has 2 aliphatic rings. The number of carbonyl (C=O) groups is 2. The van der Waals surface area contributed by atoms with Crippen molar-refractivity contribution in [3.63, 3.8) is 0 Å². The van der Waals surface area contributed by atoms with Crippen molar-refractivity contribution in [2.45, 2.75) is 43.8 Å². The Hall–Kier alpha value is -2.12. The van der Waals surface area contributed by atoms with Crippen LogP contribution in [0, 0.1) is 0 Å². The van der Waals surface area contributed by atoms with Gasteiger partial charge in [-0.3, -0.25) is 9.59 Å². The lowest BCUT2D eigenvalue weighted by molar-refractivity contribution is -0.134. The molecule has 2 heterocycles. The zero-order valence-corrected chi connectivity index (χ0v) is 15.3. The summed E-state index contributed by atoms with van der Waals surface area (Å²) in [7, 11) is 1.79. The van der Waals surface area contributed by atoms with Gasteiger partial charge in [-0.2, -0.15) is 0 Å². The van der Waals surface area contributed by atoms with E-state index in [-0.39, 0.29) is 23.9 Å². The minimum atomic E-state index is -0.532. The van der Waals surface area contributed by atoms with Crippen LogP contribution in [-0.2, 0) is 4.79 Å². The van der Waals surface area contributed by atoms with Crippen LogP contribution in [0.1, 0.15) is 36.0 Å². The zero-order chi connectivity index (χ0) is 18.7. The van der Waals surface area contributed by atoms with Gasteiger partial charge in [0, 0.05) is 31.7 Å². The maximum atomic E-state index is 12.7. The standard InChI is InChI=1S/C19H28N4O3/c1-22-8-3-2-7-17(21)19(25)23-11-14(20)10-15(23)12-26-16-6-4-5-13(9-16)18(22)24/h4-6,9,14-15,17H,2-3,7-8,10-12,20-21H2,1H3/t14-,15-,17-/m0/s1. The first-order chi connectivity index (χ1) is 12.5. The lowest BCUT2D eigenvalue weighted by atomic mass is 10.1. The average molecular weight is 360 g/mol. The smallest absolute Gasteiger partial charge is 0.253 e. The highest BCUT2D eigenvalue weighted by Gasteiger charge is 2.36. The third kappa shape index (κ3) is 4.16. The number of fused-ring (bicyclic) bond motifs is 3. The highest BCUT2D eigenvalue weighted by molar-refractivity contribution is 5.94. The van der Waals surface area contributed by atoms with Crippen LogP contribution in [0.25, 0.3) is 0 Å². The van der Waals surface area contributed by atoms with Crippen molar-refractivity contribution in [3.8, 4) is 5.75 Å². The summed E-state index contributed by atoms with van der Waals surface area (Å²) in [5, 5.41) is 0. The molecule has 7 nitrogen and oxygen atoms in total. The van der Waals surface area contributed by atoms with Gasteiger partial charge in [-0.15, -0.1) is 0 Å². The molecule has 2 amide bonds. The molecule has 0 radical (unpaired) electrons. The number of hydrogen-bond donors (Lipinski definition) is 2. The average Bonchev–Trinajstić information content (AvgIpc) is 3.02. The number of nitrogens with zero attached hydrogens (tertiary/aromatic N) is 2. The lowest BCUT2D eigenvalue weighted by Gasteiger charge is -2.27. The van der Waals surface area contributed by atoms with Crippen LogP contribution in [0.5, 0.6) is 5.75 Å².